The van der Waals surface area contributed by atoms with Gasteiger partial charge in [-0.1, -0.05) is 12.1 Å². The number of sulfonamides is 1. The van der Waals surface area contributed by atoms with Crippen LogP contribution in [0.15, 0.2) is 41.3 Å². The minimum atomic E-state index is -4.29. The van der Waals surface area contributed by atoms with E-state index in [1.807, 2.05) is 6.07 Å². The smallest absolute Gasteiger partial charge is 0.267 e. The average molecular weight is 309 g/mol. The Morgan fingerprint density at radius 2 is 1.62 bits per heavy atom. The van der Waals surface area contributed by atoms with Crippen LogP contribution in [0.25, 0.3) is 0 Å². The Hall–Kier alpha value is -1.95. The van der Waals surface area contributed by atoms with Crippen molar-refractivity contribution < 1.29 is 17.2 Å². The van der Waals surface area contributed by atoms with E-state index in [4.69, 9.17) is 0 Å². The zero-order chi connectivity index (χ0) is 15.0. The van der Waals surface area contributed by atoms with Crippen LogP contribution in [0.1, 0.15) is 17.5 Å². The molecular weight excluding hydrogens is 296 g/mol. The molecule has 110 valence electrons. The zero-order valence-electron chi connectivity index (χ0n) is 11.1. The van der Waals surface area contributed by atoms with Crippen LogP contribution in [-0.4, -0.2) is 8.42 Å². The second-order valence-corrected chi connectivity index (χ2v) is 6.61. The Bertz CT molecular complexity index is 783. The van der Waals surface area contributed by atoms with Gasteiger partial charge in [0.15, 0.2) is 4.90 Å². The Balaban J connectivity index is 1.97. The van der Waals surface area contributed by atoms with Gasteiger partial charge in [0, 0.05) is 5.69 Å². The molecule has 0 heterocycles. The minimum Gasteiger partial charge on any atom is -0.279 e. The lowest BCUT2D eigenvalue weighted by Gasteiger charge is -2.11. The van der Waals surface area contributed by atoms with Crippen LogP contribution in [-0.2, 0) is 22.9 Å². The van der Waals surface area contributed by atoms with Gasteiger partial charge in [-0.05, 0) is 54.7 Å². The number of anilines is 1. The lowest BCUT2D eigenvalue weighted by Crippen LogP contribution is -2.16. The van der Waals surface area contributed by atoms with Gasteiger partial charge in [-0.3, -0.25) is 4.72 Å². The van der Waals surface area contributed by atoms with Crippen molar-refractivity contribution in [2.75, 3.05) is 4.72 Å². The summed E-state index contributed by atoms with van der Waals surface area (Å²) in [6.45, 7) is 0. The molecule has 3 nitrogen and oxygen atoms in total. The molecule has 0 unspecified atom stereocenters. The molecule has 0 bridgehead atoms. The first kappa shape index (κ1) is 14.0. The number of rotatable bonds is 3. The van der Waals surface area contributed by atoms with Gasteiger partial charge in [0.25, 0.3) is 10.0 Å². The van der Waals surface area contributed by atoms with Crippen LogP contribution in [0.5, 0.6) is 0 Å². The van der Waals surface area contributed by atoms with E-state index in [0.717, 1.165) is 43.0 Å². The number of benzene rings is 2. The van der Waals surface area contributed by atoms with Gasteiger partial charge in [0.2, 0.25) is 0 Å². The van der Waals surface area contributed by atoms with E-state index in [1.54, 1.807) is 12.1 Å². The standard InChI is InChI=1S/C15H13F2NO2S/c16-13-5-2-6-14(17)15(13)21(19,20)18-12-8-7-10-3-1-4-11(10)9-12/h2,5-9,18H,1,3-4H2. The average Bonchev–Trinajstić information content (AvgIpc) is 2.85. The number of hydrogen-bond donors (Lipinski definition) is 1. The molecular formula is C15H13F2NO2S. The predicted molar refractivity (Wildman–Crippen MR) is 75.6 cm³/mol. The Kier molecular flexibility index (Phi) is 3.41. The molecule has 1 N–H and O–H groups in total. The first-order chi connectivity index (χ1) is 9.97. The highest BCUT2D eigenvalue weighted by atomic mass is 32.2. The summed E-state index contributed by atoms with van der Waals surface area (Å²) in [5, 5.41) is 0. The number of fused-ring (bicyclic) bond motifs is 1. The van der Waals surface area contributed by atoms with E-state index in [9.17, 15) is 17.2 Å². The second-order valence-electron chi connectivity index (χ2n) is 4.99. The molecule has 0 atom stereocenters. The van der Waals surface area contributed by atoms with Crippen molar-refractivity contribution in [1.29, 1.82) is 0 Å². The molecule has 1 aliphatic rings. The van der Waals surface area contributed by atoms with Crippen LogP contribution >= 0.6 is 0 Å². The fourth-order valence-corrected chi connectivity index (χ4v) is 3.77. The van der Waals surface area contributed by atoms with Crippen molar-refractivity contribution in [2.24, 2.45) is 0 Å². The SMILES string of the molecule is O=S(=O)(Nc1ccc2c(c1)CCC2)c1c(F)cccc1F. The molecule has 0 aliphatic heterocycles. The van der Waals surface area contributed by atoms with E-state index in [-0.39, 0.29) is 0 Å². The molecule has 6 heteroatoms. The summed E-state index contributed by atoms with van der Waals surface area (Å²) in [4.78, 5) is -0.953. The summed E-state index contributed by atoms with van der Waals surface area (Å²) in [5.74, 6) is -2.22. The molecule has 2 aromatic carbocycles. The van der Waals surface area contributed by atoms with E-state index >= 15 is 0 Å². The molecule has 0 fully saturated rings. The van der Waals surface area contributed by atoms with Gasteiger partial charge >= 0.3 is 0 Å². The van der Waals surface area contributed by atoms with Crippen LogP contribution in [0, 0.1) is 11.6 Å². The largest absolute Gasteiger partial charge is 0.279 e. The molecule has 0 spiro atoms. The van der Waals surface area contributed by atoms with E-state index in [0.29, 0.717) is 5.69 Å². The maximum absolute atomic E-state index is 13.6. The van der Waals surface area contributed by atoms with Gasteiger partial charge in [0.1, 0.15) is 11.6 Å². The van der Waals surface area contributed by atoms with E-state index in [1.165, 1.54) is 5.56 Å². The Labute approximate surface area is 121 Å². The fraction of sp³-hybridized carbons (Fsp3) is 0.200. The first-order valence-electron chi connectivity index (χ1n) is 6.56. The van der Waals surface area contributed by atoms with Crippen molar-refractivity contribution in [3.05, 3.63) is 59.2 Å². The lowest BCUT2D eigenvalue weighted by atomic mass is 10.1. The summed E-state index contributed by atoms with van der Waals surface area (Å²) in [5.41, 5.74) is 2.58. The van der Waals surface area contributed by atoms with Crippen molar-refractivity contribution in [1.82, 2.24) is 0 Å². The molecule has 0 aromatic heterocycles. The van der Waals surface area contributed by atoms with Gasteiger partial charge in [-0.25, -0.2) is 17.2 Å². The third-order valence-electron chi connectivity index (χ3n) is 3.54. The van der Waals surface area contributed by atoms with Crippen LogP contribution in [0.3, 0.4) is 0 Å². The van der Waals surface area contributed by atoms with Gasteiger partial charge in [0.05, 0.1) is 0 Å². The lowest BCUT2D eigenvalue weighted by molar-refractivity contribution is 0.521. The highest BCUT2D eigenvalue weighted by Gasteiger charge is 2.24. The summed E-state index contributed by atoms with van der Waals surface area (Å²) < 4.78 is 53.8. The number of hydrogen-bond acceptors (Lipinski definition) is 2. The second kappa shape index (κ2) is 5.11. The van der Waals surface area contributed by atoms with Crippen LogP contribution in [0.2, 0.25) is 0 Å². The Morgan fingerprint density at radius 1 is 0.952 bits per heavy atom. The highest BCUT2D eigenvalue weighted by molar-refractivity contribution is 7.92. The summed E-state index contributed by atoms with van der Waals surface area (Å²) in [6, 6.07) is 8.14. The summed E-state index contributed by atoms with van der Waals surface area (Å²) in [6.07, 6.45) is 2.90. The maximum atomic E-state index is 13.6. The van der Waals surface area contributed by atoms with Gasteiger partial charge < -0.3 is 0 Å². The third-order valence-corrected chi connectivity index (χ3v) is 4.97. The molecule has 2 aromatic rings. The van der Waals surface area contributed by atoms with Gasteiger partial charge in [-0.2, -0.15) is 0 Å². The topological polar surface area (TPSA) is 46.2 Å². The third kappa shape index (κ3) is 2.63. The van der Waals surface area contributed by atoms with Crippen molar-refractivity contribution >= 4 is 15.7 Å². The molecule has 0 saturated carbocycles. The van der Waals surface area contributed by atoms with E-state index in [2.05, 4.69) is 4.72 Å². The zero-order valence-corrected chi connectivity index (χ0v) is 11.9. The van der Waals surface area contributed by atoms with Gasteiger partial charge in [-0.15, -0.1) is 0 Å². The maximum Gasteiger partial charge on any atom is 0.267 e. The Morgan fingerprint density at radius 3 is 2.33 bits per heavy atom. The summed E-state index contributed by atoms with van der Waals surface area (Å²) >= 11 is 0. The molecule has 1 aliphatic carbocycles. The van der Waals surface area contributed by atoms with Crippen LogP contribution in [0.4, 0.5) is 14.5 Å². The van der Waals surface area contributed by atoms with Crippen molar-refractivity contribution in [2.45, 2.75) is 24.2 Å². The molecule has 3 rings (SSSR count). The highest BCUT2D eigenvalue weighted by Crippen LogP contribution is 2.27. The van der Waals surface area contributed by atoms with Crippen molar-refractivity contribution in [3.63, 3.8) is 0 Å². The molecule has 21 heavy (non-hydrogen) atoms. The normalized spacial score (nSPS) is 14.0. The molecule has 0 saturated heterocycles. The molecule has 0 amide bonds. The summed E-state index contributed by atoms with van der Waals surface area (Å²) in [7, 11) is -4.29. The number of halogens is 2. The quantitative estimate of drug-likeness (QED) is 0.946. The number of aryl methyl sites for hydroxylation is 2. The molecule has 0 radical (unpaired) electrons. The predicted octanol–water partition coefficient (Wildman–Crippen LogP) is 3.25. The minimum absolute atomic E-state index is 0.318. The van der Waals surface area contributed by atoms with Crippen molar-refractivity contribution in [3.8, 4) is 0 Å². The van der Waals surface area contributed by atoms with Crippen LogP contribution < -0.4 is 4.72 Å². The fourth-order valence-electron chi connectivity index (χ4n) is 2.58. The first-order valence-corrected chi connectivity index (χ1v) is 8.04. The monoisotopic (exact) mass is 309 g/mol. The van der Waals surface area contributed by atoms with E-state index < -0.39 is 26.6 Å². The number of nitrogens with one attached hydrogen (secondary N) is 1.